The van der Waals surface area contributed by atoms with Crippen molar-refractivity contribution in [2.75, 3.05) is 25.5 Å². The van der Waals surface area contributed by atoms with Crippen LogP contribution >= 0.6 is 27.5 Å². The van der Waals surface area contributed by atoms with E-state index in [1.165, 1.54) is 4.90 Å². The first-order valence-electron chi connectivity index (χ1n) is 7.73. The van der Waals surface area contributed by atoms with Gasteiger partial charge in [0.1, 0.15) is 12.4 Å². The molecule has 2 rings (SSSR count). The third-order valence-electron chi connectivity index (χ3n) is 3.35. The Labute approximate surface area is 164 Å². The largest absolute Gasteiger partial charge is 0.447 e. The quantitative estimate of drug-likeness (QED) is 0.712. The fraction of sp³-hybridized carbons (Fsp3) is 0.235. The molecule has 0 aliphatic rings. The number of likely N-dealkylation sites (N-methyl/N-ethyl adjacent to an activating group) is 1. The summed E-state index contributed by atoms with van der Waals surface area (Å²) in [5.41, 5.74) is 0.827. The molecule has 1 aromatic heterocycles. The van der Waals surface area contributed by atoms with Crippen LogP contribution in [0.4, 0.5) is 15.4 Å². The Kier molecular flexibility index (Phi) is 7.68. The van der Waals surface area contributed by atoms with Crippen molar-refractivity contribution < 1.29 is 14.3 Å². The van der Waals surface area contributed by atoms with Crippen molar-refractivity contribution in [1.82, 2.24) is 15.2 Å². The molecule has 138 valence electrons. The van der Waals surface area contributed by atoms with E-state index in [2.05, 4.69) is 31.5 Å². The van der Waals surface area contributed by atoms with Gasteiger partial charge in [-0.2, -0.15) is 0 Å². The molecule has 1 aromatic carbocycles. The highest BCUT2D eigenvalue weighted by molar-refractivity contribution is 9.10. The highest BCUT2D eigenvalue weighted by atomic mass is 79.9. The molecule has 9 heteroatoms. The monoisotopic (exact) mass is 440 g/mol. The van der Waals surface area contributed by atoms with Gasteiger partial charge < -0.3 is 15.0 Å². The number of halogens is 2. The molecule has 0 aliphatic heterocycles. The third-order valence-corrected chi connectivity index (χ3v) is 4.19. The Morgan fingerprint density at radius 2 is 2.04 bits per heavy atom. The normalized spacial score (nSPS) is 10.1. The molecule has 0 bridgehead atoms. The standard InChI is InChI=1S/C17H18BrClN4O3/c1-23(16(24)21-10-12-4-2-3-5-14(12)19)8-9-26-17(25)22-15-7-6-13(18)11-20-15/h2-7,11H,8-10H2,1H3,(H,21,24)(H,20,22,25). The number of benzene rings is 1. The van der Waals surface area contributed by atoms with Gasteiger partial charge >= 0.3 is 12.1 Å². The molecule has 0 atom stereocenters. The highest BCUT2D eigenvalue weighted by Crippen LogP contribution is 2.14. The average molecular weight is 442 g/mol. The SMILES string of the molecule is CN(CCOC(=O)Nc1ccc(Br)cn1)C(=O)NCc1ccccc1Cl. The number of hydrogen-bond acceptors (Lipinski definition) is 4. The van der Waals surface area contributed by atoms with Crippen molar-refractivity contribution >= 4 is 45.5 Å². The van der Waals surface area contributed by atoms with Crippen molar-refractivity contribution in [3.63, 3.8) is 0 Å². The number of pyridine rings is 1. The molecular weight excluding hydrogens is 424 g/mol. The number of anilines is 1. The summed E-state index contributed by atoms with van der Waals surface area (Å²) in [6, 6.07) is 10.4. The molecule has 2 aromatic rings. The molecule has 2 N–H and O–H groups in total. The summed E-state index contributed by atoms with van der Waals surface area (Å²) < 4.78 is 5.84. The van der Waals surface area contributed by atoms with Gasteiger partial charge in [-0.05, 0) is 39.7 Å². The first-order valence-corrected chi connectivity index (χ1v) is 8.90. The Morgan fingerprint density at radius 1 is 1.27 bits per heavy atom. The zero-order valence-electron chi connectivity index (χ0n) is 14.0. The van der Waals surface area contributed by atoms with Crippen molar-refractivity contribution in [3.05, 3.63) is 57.7 Å². The number of carbonyl (C=O) groups is 2. The van der Waals surface area contributed by atoms with Gasteiger partial charge in [-0.3, -0.25) is 5.32 Å². The second-order valence-corrected chi connectivity index (χ2v) is 6.62. The molecule has 0 unspecified atom stereocenters. The second kappa shape index (κ2) is 9.98. The zero-order valence-corrected chi connectivity index (χ0v) is 16.4. The number of nitrogens with one attached hydrogen (secondary N) is 2. The smallest absolute Gasteiger partial charge is 0.412 e. The molecule has 1 heterocycles. The van der Waals surface area contributed by atoms with Crippen LogP contribution in [-0.2, 0) is 11.3 Å². The Hall–Kier alpha value is -2.32. The molecule has 26 heavy (non-hydrogen) atoms. The number of amides is 3. The molecule has 0 aliphatic carbocycles. The first kappa shape index (κ1) is 20.0. The van der Waals surface area contributed by atoms with Crippen molar-refractivity contribution in [1.29, 1.82) is 0 Å². The van der Waals surface area contributed by atoms with Crippen LogP contribution in [0.3, 0.4) is 0 Å². The minimum atomic E-state index is -0.635. The van der Waals surface area contributed by atoms with Crippen LogP contribution in [0.5, 0.6) is 0 Å². The van der Waals surface area contributed by atoms with E-state index in [1.54, 1.807) is 31.4 Å². The van der Waals surface area contributed by atoms with Crippen molar-refractivity contribution in [2.45, 2.75) is 6.54 Å². The van der Waals surface area contributed by atoms with Crippen LogP contribution in [0, 0.1) is 0 Å². The number of nitrogens with zero attached hydrogens (tertiary/aromatic N) is 2. The summed E-state index contributed by atoms with van der Waals surface area (Å²) in [5, 5.41) is 5.85. The van der Waals surface area contributed by atoms with E-state index < -0.39 is 6.09 Å². The van der Waals surface area contributed by atoms with Crippen molar-refractivity contribution in [3.8, 4) is 0 Å². The molecular formula is C17H18BrClN4O3. The summed E-state index contributed by atoms with van der Waals surface area (Å²) >= 11 is 9.30. The second-order valence-electron chi connectivity index (χ2n) is 5.29. The summed E-state index contributed by atoms with van der Waals surface area (Å²) in [6.07, 6.45) is 0.928. The van der Waals surface area contributed by atoms with Gasteiger partial charge in [0.05, 0.1) is 6.54 Å². The lowest BCUT2D eigenvalue weighted by molar-refractivity contribution is 0.146. The zero-order chi connectivity index (χ0) is 18.9. The van der Waals surface area contributed by atoms with Crippen LogP contribution in [0.2, 0.25) is 5.02 Å². The summed E-state index contributed by atoms with van der Waals surface area (Å²) in [4.78, 5) is 29.1. The van der Waals surface area contributed by atoms with Crippen LogP contribution in [-0.4, -0.2) is 42.2 Å². The van der Waals surface area contributed by atoms with Crippen LogP contribution in [0.25, 0.3) is 0 Å². The van der Waals surface area contributed by atoms with E-state index in [1.807, 2.05) is 18.2 Å². The van der Waals surface area contributed by atoms with E-state index in [0.29, 0.717) is 17.4 Å². The van der Waals surface area contributed by atoms with Crippen molar-refractivity contribution in [2.24, 2.45) is 0 Å². The van der Waals surface area contributed by atoms with Crippen LogP contribution in [0.15, 0.2) is 47.1 Å². The molecule has 0 saturated carbocycles. The third kappa shape index (κ3) is 6.53. The molecule has 0 spiro atoms. The number of rotatable bonds is 6. The number of urea groups is 1. The maximum absolute atomic E-state index is 12.0. The van der Waals surface area contributed by atoms with E-state index in [4.69, 9.17) is 16.3 Å². The lowest BCUT2D eigenvalue weighted by Crippen LogP contribution is -2.39. The predicted molar refractivity (Wildman–Crippen MR) is 103 cm³/mol. The summed E-state index contributed by atoms with van der Waals surface area (Å²) in [5.74, 6) is 0.379. The van der Waals surface area contributed by atoms with Gasteiger partial charge in [-0.1, -0.05) is 29.8 Å². The number of carbonyl (C=O) groups excluding carboxylic acids is 2. The maximum Gasteiger partial charge on any atom is 0.412 e. The van der Waals surface area contributed by atoms with Crippen LogP contribution in [0.1, 0.15) is 5.56 Å². The summed E-state index contributed by atoms with van der Waals surface area (Å²) in [6.45, 7) is 0.618. The van der Waals surface area contributed by atoms with E-state index in [0.717, 1.165) is 10.0 Å². The minimum Gasteiger partial charge on any atom is -0.447 e. The molecule has 0 radical (unpaired) electrons. The maximum atomic E-state index is 12.0. The highest BCUT2D eigenvalue weighted by Gasteiger charge is 2.10. The topological polar surface area (TPSA) is 83.6 Å². The Balaban J connectivity index is 1.68. The van der Waals surface area contributed by atoms with Gasteiger partial charge in [0.2, 0.25) is 0 Å². The van der Waals surface area contributed by atoms with Gasteiger partial charge in [-0.15, -0.1) is 0 Å². The predicted octanol–water partition coefficient (Wildman–Crippen LogP) is 3.89. The Bertz CT molecular complexity index is 758. The van der Waals surface area contributed by atoms with Gasteiger partial charge in [0.25, 0.3) is 0 Å². The average Bonchev–Trinajstić information content (AvgIpc) is 2.62. The Morgan fingerprint density at radius 3 is 2.73 bits per heavy atom. The number of ether oxygens (including phenoxy) is 1. The lowest BCUT2D eigenvalue weighted by atomic mass is 10.2. The number of aromatic nitrogens is 1. The molecule has 7 nitrogen and oxygen atoms in total. The fourth-order valence-corrected chi connectivity index (χ4v) is 2.35. The van der Waals surface area contributed by atoms with Gasteiger partial charge in [0.15, 0.2) is 0 Å². The van der Waals surface area contributed by atoms with Crippen LogP contribution < -0.4 is 10.6 Å². The van der Waals surface area contributed by atoms with E-state index >= 15 is 0 Å². The lowest BCUT2D eigenvalue weighted by Gasteiger charge is -2.18. The van der Waals surface area contributed by atoms with Gasteiger partial charge in [0, 0.05) is 29.3 Å². The molecule has 3 amide bonds. The molecule has 0 fully saturated rings. The van der Waals surface area contributed by atoms with E-state index in [9.17, 15) is 9.59 Å². The van der Waals surface area contributed by atoms with E-state index in [-0.39, 0.29) is 19.2 Å². The minimum absolute atomic E-state index is 0.0539. The van der Waals surface area contributed by atoms with Gasteiger partial charge in [-0.25, -0.2) is 14.6 Å². The fourth-order valence-electron chi connectivity index (χ4n) is 1.91. The number of hydrogen-bond donors (Lipinski definition) is 2. The summed E-state index contributed by atoms with van der Waals surface area (Å²) in [7, 11) is 1.61. The molecule has 0 saturated heterocycles. The first-order chi connectivity index (χ1) is 12.5.